The van der Waals surface area contributed by atoms with E-state index >= 15 is 0 Å². The highest BCUT2D eigenvalue weighted by atomic mass is 32.1. The number of furan rings is 1. The Kier molecular flexibility index (Phi) is 4.24. The van der Waals surface area contributed by atoms with Crippen molar-refractivity contribution in [1.82, 2.24) is 14.6 Å². The van der Waals surface area contributed by atoms with Crippen molar-refractivity contribution in [3.8, 4) is 17.5 Å². The maximum atomic E-state index is 11.0. The largest absolute Gasteiger partial charge is 0.492 e. The fourth-order valence-corrected chi connectivity index (χ4v) is 5.80. The van der Waals surface area contributed by atoms with E-state index in [9.17, 15) is 5.11 Å². The number of quaternary nitrogens is 2. The number of thiazole rings is 1. The number of likely N-dealkylation sites (N-methyl/N-ethyl adjacent to an activating group) is 1. The van der Waals surface area contributed by atoms with Crippen LogP contribution in [0.4, 0.5) is 0 Å². The Bertz CT molecular complexity index is 1030. The number of rotatable bonds is 4. The highest BCUT2D eigenvalue weighted by Gasteiger charge is 2.36. The third-order valence-corrected chi connectivity index (χ3v) is 7.21. The smallest absolute Gasteiger partial charge is 0.235 e. The zero-order valence-electron chi connectivity index (χ0n) is 14.9. The molecular formula is C18H21N5O2S2+2. The molecule has 1 aliphatic heterocycles. The van der Waals surface area contributed by atoms with E-state index in [2.05, 4.69) is 34.6 Å². The zero-order chi connectivity index (χ0) is 18.4. The lowest BCUT2D eigenvalue weighted by atomic mass is 10.1. The second-order valence-electron chi connectivity index (χ2n) is 6.96. The summed E-state index contributed by atoms with van der Waals surface area (Å²) in [6, 6.07) is 8.00. The van der Waals surface area contributed by atoms with Crippen LogP contribution in [0.3, 0.4) is 0 Å². The summed E-state index contributed by atoms with van der Waals surface area (Å²) in [6.45, 7) is 4.45. The first kappa shape index (κ1) is 16.9. The van der Waals surface area contributed by atoms with Gasteiger partial charge in [-0.15, -0.1) is 16.4 Å². The minimum Gasteiger partial charge on any atom is -0.492 e. The van der Waals surface area contributed by atoms with E-state index in [0.29, 0.717) is 16.5 Å². The predicted molar refractivity (Wildman–Crippen MR) is 104 cm³/mol. The summed E-state index contributed by atoms with van der Waals surface area (Å²) in [5, 5.41) is 17.5. The van der Waals surface area contributed by atoms with Crippen molar-refractivity contribution in [2.45, 2.75) is 6.04 Å². The fourth-order valence-electron chi connectivity index (χ4n) is 3.71. The summed E-state index contributed by atoms with van der Waals surface area (Å²) in [7, 11) is 2.24. The van der Waals surface area contributed by atoms with E-state index < -0.39 is 0 Å². The average molecular weight is 404 g/mol. The fraction of sp³-hybridized carbons (Fsp3) is 0.333. The van der Waals surface area contributed by atoms with Crippen molar-refractivity contribution in [3.63, 3.8) is 0 Å². The van der Waals surface area contributed by atoms with Crippen LogP contribution in [0.15, 0.2) is 40.3 Å². The Balaban J connectivity index is 1.56. The molecule has 5 heterocycles. The maximum absolute atomic E-state index is 11.0. The molecule has 1 saturated heterocycles. The van der Waals surface area contributed by atoms with Crippen LogP contribution in [0.5, 0.6) is 5.88 Å². The second kappa shape index (κ2) is 6.75. The van der Waals surface area contributed by atoms with E-state index in [1.54, 1.807) is 33.1 Å². The third kappa shape index (κ3) is 2.96. The Morgan fingerprint density at radius 2 is 2.07 bits per heavy atom. The molecule has 0 amide bonds. The van der Waals surface area contributed by atoms with E-state index in [1.165, 1.54) is 21.1 Å². The summed E-state index contributed by atoms with van der Waals surface area (Å²) in [4.78, 5) is 10.5. The molecule has 4 aromatic heterocycles. The first-order valence-electron chi connectivity index (χ1n) is 9.02. The van der Waals surface area contributed by atoms with Crippen LogP contribution in [0.2, 0.25) is 0 Å². The number of hydrogen-bond donors (Lipinski definition) is 3. The molecule has 7 nitrogen and oxygen atoms in total. The minimum atomic E-state index is 0.124. The van der Waals surface area contributed by atoms with Gasteiger partial charge >= 0.3 is 0 Å². The normalized spacial score (nSPS) is 21.7. The summed E-state index contributed by atoms with van der Waals surface area (Å²) in [5.74, 6) is 1.29. The molecule has 4 aromatic rings. The van der Waals surface area contributed by atoms with Gasteiger partial charge in [-0.05, 0) is 23.6 Å². The first-order valence-corrected chi connectivity index (χ1v) is 10.7. The van der Waals surface area contributed by atoms with Crippen LogP contribution in [0.25, 0.3) is 16.5 Å². The third-order valence-electron chi connectivity index (χ3n) is 5.19. The van der Waals surface area contributed by atoms with E-state index in [1.807, 2.05) is 6.07 Å². The van der Waals surface area contributed by atoms with Crippen LogP contribution in [0, 0.1) is 0 Å². The van der Waals surface area contributed by atoms with Gasteiger partial charge in [0.05, 0.1) is 18.2 Å². The van der Waals surface area contributed by atoms with Gasteiger partial charge in [-0.25, -0.2) is 0 Å². The molecular weight excluding hydrogens is 382 g/mol. The summed E-state index contributed by atoms with van der Waals surface area (Å²) < 4.78 is 6.92. The van der Waals surface area contributed by atoms with Crippen LogP contribution in [-0.4, -0.2) is 52.9 Å². The molecule has 0 unspecified atom stereocenters. The molecule has 3 N–H and O–H groups in total. The monoisotopic (exact) mass is 403 g/mol. The van der Waals surface area contributed by atoms with Gasteiger partial charge in [0, 0.05) is 0 Å². The Morgan fingerprint density at radius 3 is 2.74 bits per heavy atom. The van der Waals surface area contributed by atoms with Crippen LogP contribution < -0.4 is 9.80 Å². The lowest BCUT2D eigenvalue weighted by Crippen LogP contribution is -3.27. The maximum Gasteiger partial charge on any atom is 0.235 e. The molecule has 0 bridgehead atoms. The number of nitrogens with zero attached hydrogens (tertiary/aromatic N) is 3. The predicted octanol–water partition coefficient (Wildman–Crippen LogP) is 0.321. The quantitative estimate of drug-likeness (QED) is 0.459. The van der Waals surface area contributed by atoms with Gasteiger partial charge in [0.1, 0.15) is 31.1 Å². The van der Waals surface area contributed by atoms with Crippen molar-refractivity contribution in [3.05, 3.63) is 45.7 Å². The Hall–Kier alpha value is -2.20. The molecule has 1 fully saturated rings. The second-order valence-corrected chi connectivity index (χ2v) is 8.95. The first-order chi connectivity index (χ1) is 13.2. The van der Waals surface area contributed by atoms with E-state index in [0.717, 1.165) is 31.1 Å². The molecule has 0 aliphatic carbocycles. The molecule has 1 aliphatic rings. The van der Waals surface area contributed by atoms with Gasteiger partial charge in [0.25, 0.3) is 0 Å². The standard InChI is InChI=1S/C18H19N5O2S2/c1-21-6-8-22(9-7-21)14(13-5-3-11-26-13)15-17(24)23-18(27-15)19-16(20-23)12-4-2-10-25-12/h2-5,10-11,14,24H,6-9H2,1H3/p+2/t14-/m0/s1. The van der Waals surface area contributed by atoms with Gasteiger partial charge in [-0.1, -0.05) is 17.4 Å². The van der Waals surface area contributed by atoms with E-state index in [-0.39, 0.29) is 11.9 Å². The van der Waals surface area contributed by atoms with Crippen molar-refractivity contribution >= 4 is 27.6 Å². The number of piperazine rings is 1. The topological polar surface area (TPSA) is 72.4 Å². The molecule has 0 radical (unpaired) electrons. The van der Waals surface area contributed by atoms with Gasteiger partial charge < -0.3 is 19.3 Å². The summed E-state index contributed by atoms with van der Waals surface area (Å²) >= 11 is 3.27. The van der Waals surface area contributed by atoms with Crippen molar-refractivity contribution < 1.29 is 19.3 Å². The molecule has 0 saturated carbocycles. The molecule has 0 aromatic carbocycles. The Morgan fingerprint density at radius 1 is 1.22 bits per heavy atom. The molecule has 9 heteroatoms. The van der Waals surface area contributed by atoms with Crippen LogP contribution in [0.1, 0.15) is 15.8 Å². The number of hydrogen-bond acceptors (Lipinski definition) is 6. The van der Waals surface area contributed by atoms with Crippen molar-refractivity contribution in [1.29, 1.82) is 0 Å². The Labute approximate surface area is 164 Å². The lowest BCUT2D eigenvalue weighted by Gasteiger charge is -2.32. The van der Waals surface area contributed by atoms with Gasteiger partial charge in [-0.2, -0.15) is 9.50 Å². The number of aromatic hydroxyl groups is 1. The van der Waals surface area contributed by atoms with Gasteiger partial charge in [0.2, 0.25) is 16.7 Å². The number of thiophene rings is 1. The molecule has 0 spiro atoms. The molecule has 27 heavy (non-hydrogen) atoms. The molecule has 1 atom stereocenters. The molecule has 140 valence electrons. The number of nitrogens with one attached hydrogen (secondary N) is 2. The van der Waals surface area contributed by atoms with Crippen LogP contribution in [-0.2, 0) is 0 Å². The highest BCUT2D eigenvalue weighted by molar-refractivity contribution is 7.17. The lowest BCUT2D eigenvalue weighted by molar-refractivity contribution is -1.02. The average Bonchev–Trinajstić information content (AvgIpc) is 3.44. The van der Waals surface area contributed by atoms with Crippen molar-refractivity contribution in [2.75, 3.05) is 33.2 Å². The van der Waals surface area contributed by atoms with Gasteiger partial charge in [-0.3, -0.25) is 0 Å². The minimum absolute atomic E-state index is 0.124. The summed E-state index contributed by atoms with van der Waals surface area (Å²) in [5.41, 5.74) is 0. The molecule has 5 rings (SSSR count). The summed E-state index contributed by atoms with van der Waals surface area (Å²) in [6.07, 6.45) is 1.60. The zero-order valence-corrected chi connectivity index (χ0v) is 16.5. The van der Waals surface area contributed by atoms with Crippen molar-refractivity contribution in [2.24, 2.45) is 0 Å². The van der Waals surface area contributed by atoms with Crippen LogP contribution >= 0.6 is 22.7 Å². The number of fused-ring (bicyclic) bond motifs is 1. The number of aromatic nitrogens is 3. The van der Waals surface area contributed by atoms with Gasteiger partial charge in [0.15, 0.2) is 11.8 Å². The highest BCUT2D eigenvalue weighted by Crippen LogP contribution is 2.37. The van der Waals surface area contributed by atoms with E-state index in [4.69, 9.17) is 4.42 Å². The SMILES string of the molecule is C[NH+]1CC[NH+]([C@@H](c2cccs2)c2sc3nc(-c4ccco4)nn3c2O)CC1.